The maximum Gasteiger partial charge on any atom is 0.295 e. The summed E-state index contributed by atoms with van der Waals surface area (Å²) < 4.78 is 28.0. The highest BCUT2D eigenvalue weighted by Crippen LogP contribution is 2.45. The Morgan fingerprint density at radius 1 is 1.12 bits per heavy atom. The highest BCUT2D eigenvalue weighted by molar-refractivity contribution is 6.11. The number of carbonyl (C=O) groups is 1. The summed E-state index contributed by atoms with van der Waals surface area (Å²) in [5, 5.41) is 22.7. The SMILES string of the molecule is Cc1nnc(N[C@H](C)c2cccc(C(F)(F)CO)c2)c2cc3c(cc12)C(C)(C)C(=O)N3C(C)C. The number of benzene rings is 2. The zero-order chi connectivity index (χ0) is 25.0. The summed E-state index contributed by atoms with van der Waals surface area (Å²) in [6.07, 6.45) is 0. The van der Waals surface area contributed by atoms with E-state index in [1.54, 1.807) is 12.1 Å². The third-order valence-corrected chi connectivity index (χ3v) is 6.64. The van der Waals surface area contributed by atoms with Gasteiger partial charge < -0.3 is 15.3 Å². The van der Waals surface area contributed by atoms with E-state index in [4.69, 9.17) is 5.11 Å². The Hall–Kier alpha value is -3.13. The fourth-order valence-corrected chi connectivity index (χ4v) is 4.58. The zero-order valence-electron chi connectivity index (χ0n) is 20.3. The Labute approximate surface area is 198 Å². The van der Waals surface area contributed by atoms with E-state index in [-0.39, 0.29) is 23.6 Å². The van der Waals surface area contributed by atoms with Gasteiger partial charge in [-0.2, -0.15) is 13.9 Å². The molecule has 8 heteroatoms. The van der Waals surface area contributed by atoms with Crippen molar-refractivity contribution in [3.05, 3.63) is 58.8 Å². The minimum absolute atomic E-state index is 0.00682. The lowest BCUT2D eigenvalue weighted by Crippen LogP contribution is -2.40. The van der Waals surface area contributed by atoms with E-state index in [2.05, 4.69) is 15.5 Å². The van der Waals surface area contributed by atoms with Crippen LogP contribution in [0.15, 0.2) is 36.4 Å². The molecule has 0 saturated heterocycles. The molecule has 34 heavy (non-hydrogen) atoms. The van der Waals surface area contributed by atoms with Crippen LogP contribution in [-0.4, -0.2) is 33.9 Å². The van der Waals surface area contributed by atoms with Gasteiger partial charge in [0.05, 0.1) is 17.2 Å². The van der Waals surface area contributed by atoms with Gasteiger partial charge in [-0.1, -0.05) is 18.2 Å². The number of nitrogens with zero attached hydrogens (tertiary/aromatic N) is 3. The predicted molar refractivity (Wildman–Crippen MR) is 129 cm³/mol. The first kappa shape index (κ1) is 24.0. The molecule has 2 heterocycles. The molecule has 1 aromatic heterocycles. The molecule has 1 aliphatic heterocycles. The lowest BCUT2D eigenvalue weighted by molar-refractivity contribution is -0.122. The van der Waals surface area contributed by atoms with Gasteiger partial charge in [0.25, 0.3) is 5.92 Å². The van der Waals surface area contributed by atoms with Gasteiger partial charge in [0.15, 0.2) is 5.82 Å². The van der Waals surface area contributed by atoms with E-state index in [0.29, 0.717) is 11.4 Å². The summed E-state index contributed by atoms with van der Waals surface area (Å²) in [7, 11) is 0. The molecule has 2 aromatic carbocycles. The van der Waals surface area contributed by atoms with Crippen LogP contribution < -0.4 is 10.2 Å². The first-order chi connectivity index (χ1) is 15.9. The maximum atomic E-state index is 14.0. The average Bonchev–Trinajstić information content (AvgIpc) is 2.99. The van der Waals surface area contributed by atoms with Gasteiger partial charge in [-0.3, -0.25) is 4.79 Å². The zero-order valence-corrected chi connectivity index (χ0v) is 20.3. The molecule has 0 radical (unpaired) electrons. The lowest BCUT2D eigenvalue weighted by Gasteiger charge is -2.24. The summed E-state index contributed by atoms with van der Waals surface area (Å²) in [4.78, 5) is 15.0. The first-order valence-corrected chi connectivity index (χ1v) is 11.4. The smallest absolute Gasteiger partial charge is 0.295 e. The monoisotopic (exact) mass is 468 g/mol. The molecule has 1 amide bonds. The van der Waals surface area contributed by atoms with Gasteiger partial charge in [0.1, 0.15) is 6.61 Å². The molecule has 4 rings (SSSR count). The molecule has 1 atom stereocenters. The molecule has 0 fully saturated rings. The number of carbonyl (C=O) groups excluding carboxylic acids is 1. The lowest BCUT2D eigenvalue weighted by atomic mass is 9.85. The van der Waals surface area contributed by atoms with Crippen LogP contribution in [0.5, 0.6) is 0 Å². The molecule has 180 valence electrons. The highest BCUT2D eigenvalue weighted by Gasteiger charge is 2.45. The van der Waals surface area contributed by atoms with Crippen molar-refractivity contribution in [2.75, 3.05) is 16.8 Å². The Morgan fingerprint density at radius 3 is 2.47 bits per heavy atom. The van der Waals surface area contributed by atoms with Crippen molar-refractivity contribution in [1.29, 1.82) is 0 Å². The number of fused-ring (bicyclic) bond motifs is 2. The maximum absolute atomic E-state index is 14.0. The van der Waals surface area contributed by atoms with E-state index in [1.165, 1.54) is 12.1 Å². The largest absolute Gasteiger partial charge is 0.390 e. The van der Waals surface area contributed by atoms with Crippen LogP contribution >= 0.6 is 0 Å². The molecule has 2 N–H and O–H groups in total. The van der Waals surface area contributed by atoms with Crippen LogP contribution in [0.2, 0.25) is 0 Å². The summed E-state index contributed by atoms with van der Waals surface area (Å²) in [6.45, 7) is 10.3. The van der Waals surface area contributed by atoms with E-state index in [9.17, 15) is 13.6 Å². The number of aliphatic hydroxyl groups excluding tert-OH is 1. The van der Waals surface area contributed by atoms with Crippen molar-refractivity contribution in [3.8, 4) is 0 Å². The summed E-state index contributed by atoms with van der Waals surface area (Å²) >= 11 is 0. The second kappa shape index (κ2) is 8.27. The standard InChI is InChI=1S/C26H30F2N4O2/c1-14(2)32-22-12-20-19(11-21(22)25(5,6)24(32)34)16(4)30-31-23(20)29-15(3)17-8-7-9-18(10-17)26(27,28)13-33/h7-12,14-15,33H,13H2,1-6H3,(H,29,31)/t15-/m1/s1. The molecule has 0 aliphatic carbocycles. The van der Waals surface area contributed by atoms with Gasteiger partial charge >= 0.3 is 0 Å². The molecule has 3 aromatic rings. The number of nitrogens with one attached hydrogen (secondary N) is 1. The van der Waals surface area contributed by atoms with Gasteiger partial charge in [-0.15, -0.1) is 5.10 Å². The molecule has 1 aliphatic rings. The Balaban J connectivity index is 1.79. The number of anilines is 2. The van der Waals surface area contributed by atoms with Crippen LogP contribution in [0.1, 0.15) is 63.0 Å². The molecular formula is C26H30F2N4O2. The Morgan fingerprint density at radius 2 is 1.82 bits per heavy atom. The second-order valence-corrected chi connectivity index (χ2v) is 9.80. The highest BCUT2D eigenvalue weighted by atomic mass is 19.3. The van der Waals surface area contributed by atoms with E-state index in [0.717, 1.165) is 27.7 Å². The molecule has 6 nitrogen and oxygen atoms in total. The Bertz CT molecular complexity index is 1270. The third-order valence-electron chi connectivity index (χ3n) is 6.64. The number of hydrogen-bond acceptors (Lipinski definition) is 5. The van der Waals surface area contributed by atoms with Gasteiger partial charge in [-0.05, 0) is 70.9 Å². The molecule has 0 spiro atoms. The summed E-state index contributed by atoms with van der Waals surface area (Å²) in [5.41, 5.74) is 2.28. The van der Waals surface area contributed by atoms with Crippen LogP contribution in [0, 0.1) is 6.92 Å². The topological polar surface area (TPSA) is 78.4 Å². The predicted octanol–water partition coefficient (Wildman–Crippen LogP) is 5.23. The molecule has 0 saturated carbocycles. The van der Waals surface area contributed by atoms with Crippen LogP contribution in [0.4, 0.5) is 20.3 Å². The fourth-order valence-electron chi connectivity index (χ4n) is 4.58. The summed E-state index contributed by atoms with van der Waals surface area (Å²) in [6, 6.07) is 9.62. The van der Waals surface area contributed by atoms with Crippen molar-refractivity contribution in [2.45, 2.75) is 65.0 Å². The van der Waals surface area contributed by atoms with Gasteiger partial charge in [-0.25, -0.2) is 0 Å². The average molecular weight is 469 g/mol. The van der Waals surface area contributed by atoms with Crippen LogP contribution in [-0.2, 0) is 16.1 Å². The van der Waals surface area contributed by atoms with E-state index in [1.807, 2.05) is 58.6 Å². The normalized spacial score (nSPS) is 16.3. The second-order valence-electron chi connectivity index (χ2n) is 9.80. The minimum atomic E-state index is -3.31. The number of hydrogen-bond donors (Lipinski definition) is 2. The fraction of sp³-hybridized carbons (Fsp3) is 0.423. The number of halogens is 2. The van der Waals surface area contributed by atoms with Crippen LogP contribution in [0.25, 0.3) is 10.8 Å². The van der Waals surface area contributed by atoms with Gasteiger partial charge in [0, 0.05) is 28.1 Å². The number of rotatable bonds is 6. The summed E-state index contributed by atoms with van der Waals surface area (Å²) in [5.74, 6) is -2.75. The minimum Gasteiger partial charge on any atom is -0.390 e. The van der Waals surface area contributed by atoms with Crippen molar-refractivity contribution in [2.24, 2.45) is 0 Å². The number of aryl methyl sites for hydroxylation is 1. The number of alkyl halides is 2. The molecule has 0 unspecified atom stereocenters. The quantitative estimate of drug-likeness (QED) is 0.518. The van der Waals surface area contributed by atoms with E-state index >= 15 is 0 Å². The first-order valence-electron chi connectivity index (χ1n) is 11.4. The van der Waals surface area contributed by atoms with Crippen molar-refractivity contribution < 1.29 is 18.7 Å². The van der Waals surface area contributed by atoms with Gasteiger partial charge in [0.2, 0.25) is 5.91 Å². The van der Waals surface area contributed by atoms with E-state index < -0.39 is 17.9 Å². The number of aromatic nitrogens is 2. The number of aliphatic hydroxyl groups is 1. The third kappa shape index (κ3) is 3.79. The van der Waals surface area contributed by atoms with Crippen molar-refractivity contribution in [1.82, 2.24) is 10.2 Å². The molecule has 0 bridgehead atoms. The molecular weight excluding hydrogens is 438 g/mol. The van der Waals surface area contributed by atoms with Crippen molar-refractivity contribution >= 4 is 28.2 Å². The Kier molecular flexibility index (Phi) is 5.84. The van der Waals surface area contributed by atoms with Crippen LogP contribution in [0.3, 0.4) is 0 Å². The van der Waals surface area contributed by atoms with Crippen molar-refractivity contribution in [3.63, 3.8) is 0 Å². The number of amides is 1.